The van der Waals surface area contributed by atoms with E-state index in [9.17, 15) is 18.0 Å². The summed E-state index contributed by atoms with van der Waals surface area (Å²) in [4.78, 5) is 31.0. The minimum absolute atomic E-state index is 0.0378. The molecule has 7 N–H and O–H groups in total. The third-order valence-electron chi connectivity index (χ3n) is 7.96. The highest BCUT2D eigenvalue weighted by molar-refractivity contribution is 7.89. The molecular formula is C31H34ClN7O4S. The largest absolute Gasteiger partial charge is 0.344 e. The van der Waals surface area contributed by atoms with Crippen LogP contribution in [0.4, 0.5) is 5.69 Å². The fourth-order valence-corrected chi connectivity index (χ4v) is 6.01. The molecule has 1 heterocycles. The molecular weight excluding hydrogens is 602 g/mol. The minimum Gasteiger partial charge on any atom is -0.344 e. The summed E-state index contributed by atoms with van der Waals surface area (Å²) in [5.74, 6) is 0.229. The van der Waals surface area contributed by atoms with E-state index < -0.39 is 16.1 Å². The summed E-state index contributed by atoms with van der Waals surface area (Å²) in [5, 5.41) is 17.9. The van der Waals surface area contributed by atoms with Crippen LogP contribution in [0, 0.1) is 11.8 Å². The molecule has 11 nitrogen and oxygen atoms in total. The lowest BCUT2D eigenvalue weighted by molar-refractivity contribution is -0.130. The Morgan fingerprint density at radius 2 is 1.50 bits per heavy atom. The number of aromatic nitrogens is 3. The Kier molecular flexibility index (Phi) is 9.74. The molecule has 1 aromatic heterocycles. The predicted molar refractivity (Wildman–Crippen MR) is 169 cm³/mol. The van der Waals surface area contributed by atoms with Crippen molar-refractivity contribution in [3.05, 3.63) is 83.6 Å². The summed E-state index contributed by atoms with van der Waals surface area (Å²) in [6.45, 7) is 0.619. The molecule has 230 valence electrons. The second-order valence-corrected chi connectivity index (χ2v) is 12.9. The molecule has 1 fully saturated rings. The van der Waals surface area contributed by atoms with Crippen molar-refractivity contribution in [3.8, 4) is 22.5 Å². The highest BCUT2D eigenvalue weighted by atomic mass is 35.5. The maximum absolute atomic E-state index is 13.5. The number of nitrogens with two attached hydrogens (primary N) is 2. The summed E-state index contributed by atoms with van der Waals surface area (Å²) < 4.78 is 23.2. The van der Waals surface area contributed by atoms with Gasteiger partial charge in [-0.3, -0.25) is 9.59 Å². The van der Waals surface area contributed by atoms with Crippen molar-refractivity contribution < 1.29 is 18.0 Å². The second kappa shape index (κ2) is 13.7. The lowest BCUT2D eigenvalue weighted by atomic mass is 9.81. The van der Waals surface area contributed by atoms with Crippen LogP contribution in [0.2, 0.25) is 5.28 Å². The first-order chi connectivity index (χ1) is 21.1. The number of H-pyrrole nitrogens is 1. The Hall–Kier alpha value is -4.10. The fourth-order valence-electron chi connectivity index (χ4n) is 5.37. The van der Waals surface area contributed by atoms with Crippen LogP contribution in [0.3, 0.4) is 0 Å². The number of anilines is 1. The number of hydrogen-bond acceptors (Lipinski definition) is 7. The lowest BCUT2D eigenvalue weighted by Crippen LogP contribution is -2.48. The Bertz CT molecular complexity index is 1700. The zero-order chi connectivity index (χ0) is 31.3. The van der Waals surface area contributed by atoms with Gasteiger partial charge < -0.3 is 16.4 Å². The third-order valence-corrected chi connectivity index (χ3v) is 9.06. The molecule has 0 bridgehead atoms. The second-order valence-electron chi connectivity index (χ2n) is 11.0. The van der Waals surface area contributed by atoms with Crippen molar-refractivity contribution in [1.29, 1.82) is 0 Å². The molecule has 13 heteroatoms. The van der Waals surface area contributed by atoms with Gasteiger partial charge in [0.05, 0.1) is 4.90 Å². The van der Waals surface area contributed by atoms with Gasteiger partial charge in [0.2, 0.25) is 27.1 Å². The molecule has 0 spiro atoms. The number of carbonyl (C=O) groups excluding carboxylic acids is 2. The third kappa shape index (κ3) is 7.88. The first-order valence-corrected chi connectivity index (χ1v) is 16.2. The molecule has 1 atom stereocenters. The maximum atomic E-state index is 13.5. The Morgan fingerprint density at radius 3 is 2.05 bits per heavy atom. The number of carbonyl (C=O) groups is 2. The number of halogens is 1. The van der Waals surface area contributed by atoms with Crippen LogP contribution in [0.15, 0.2) is 77.7 Å². The first kappa shape index (κ1) is 31.3. The summed E-state index contributed by atoms with van der Waals surface area (Å²) >= 11 is 5.83. The molecule has 4 aromatic rings. The summed E-state index contributed by atoms with van der Waals surface area (Å²) in [6.07, 6.45) is 3.55. The van der Waals surface area contributed by atoms with Gasteiger partial charge in [-0.1, -0.05) is 36.4 Å². The van der Waals surface area contributed by atoms with Crippen molar-refractivity contribution in [2.45, 2.75) is 43.0 Å². The number of amides is 2. The lowest BCUT2D eigenvalue weighted by Gasteiger charge is -2.28. The minimum atomic E-state index is -3.78. The number of rotatable bonds is 10. The fraction of sp³-hybridized carbons (Fsp3) is 0.290. The van der Waals surface area contributed by atoms with E-state index in [0.29, 0.717) is 24.0 Å². The van der Waals surface area contributed by atoms with Crippen LogP contribution < -0.4 is 21.5 Å². The van der Waals surface area contributed by atoms with E-state index in [-0.39, 0.29) is 34.3 Å². The summed E-state index contributed by atoms with van der Waals surface area (Å²) in [6, 6.07) is 20.0. The molecule has 0 aliphatic heterocycles. The number of nitrogens with one attached hydrogen (secondary N) is 3. The van der Waals surface area contributed by atoms with Crippen LogP contribution in [0.1, 0.15) is 31.2 Å². The number of benzene rings is 3. The maximum Gasteiger partial charge on any atom is 0.247 e. The van der Waals surface area contributed by atoms with Crippen molar-refractivity contribution in [2.75, 3.05) is 11.9 Å². The van der Waals surface area contributed by atoms with Gasteiger partial charge in [-0.25, -0.2) is 18.7 Å². The SMILES string of the molecule is NCC1CCC(C(=O)N[C@@H](Cc2ccc(-c3ccc(S(N)(=O)=O)cc3)cc2)C(=O)Nc2ccc(-c3n[nH]c(Cl)n3)cc2)CC1. The highest BCUT2D eigenvalue weighted by Gasteiger charge is 2.29. The number of aromatic amines is 1. The monoisotopic (exact) mass is 635 g/mol. The predicted octanol–water partition coefficient (Wildman–Crippen LogP) is 3.87. The zero-order valence-electron chi connectivity index (χ0n) is 23.9. The smallest absolute Gasteiger partial charge is 0.247 e. The molecule has 44 heavy (non-hydrogen) atoms. The topological polar surface area (TPSA) is 186 Å². The molecule has 0 saturated heterocycles. The Labute approximate surface area is 260 Å². The normalized spacial score (nSPS) is 17.5. The quantitative estimate of drug-likeness (QED) is 0.175. The molecule has 5 rings (SSSR count). The summed E-state index contributed by atoms with van der Waals surface area (Å²) in [7, 11) is -3.78. The standard InChI is InChI=1S/C31H34ClN7O4S/c32-31-37-28(38-39-31)23-9-13-25(14-10-23)35-30(41)27(36-29(40)24-7-3-20(18-33)4-8-24)17-19-1-5-21(6-2-19)22-11-15-26(16-12-22)44(34,42)43/h1-2,5-6,9-16,20,24,27H,3-4,7-8,17-18,33H2,(H,35,41)(H,36,40)(H2,34,42,43)(H,37,38,39)/t20?,24?,27-/m0/s1. The van der Waals surface area contributed by atoms with E-state index in [4.69, 9.17) is 22.5 Å². The van der Waals surface area contributed by atoms with Crippen molar-refractivity contribution in [3.63, 3.8) is 0 Å². The average molecular weight is 636 g/mol. The Balaban J connectivity index is 1.30. The average Bonchev–Trinajstić information content (AvgIpc) is 3.47. The van der Waals surface area contributed by atoms with Crippen LogP contribution in [-0.4, -0.2) is 48.0 Å². The number of nitrogens with zero attached hydrogens (tertiary/aromatic N) is 2. The van der Waals surface area contributed by atoms with Crippen molar-refractivity contribution in [1.82, 2.24) is 20.5 Å². The van der Waals surface area contributed by atoms with Gasteiger partial charge in [-0.05, 0) is 103 Å². The molecule has 0 radical (unpaired) electrons. The zero-order valence-corrected chi connectivity index (χ0v) is 25.4. The van der Waals surface area contributed by atoms with Crippen molar-refractivity contribution >= 4 is 39.1 Å². The van der Waals surface area contributed by atoms with Crippen LogP contribution >= 0.6 is 11.6 Å². The van der Waals surface area contributed by atoms with E-state index >= 15 is 0 Å². The van der Waals surface area contributed by atoms with Gasteiger partial charge in [0.25, 0.3) is 0 Å². The first-order valence-electron chi connectivity index (χ1n) is 14.3. The van der Waals surface area contributed by atoms with Crippen molar-refractivity contribution in [2.24, 2.45) is 22.7 Å². The van der Waals surface area contributed by atoms with Gasteiger partial charge in [0.15, 0.2) is 5.82 Å². The number of sulfonamides is 1. The Morgan fingerprint density at radius 1 is 0.909 bits per heavy atom. The van der Waals surface area contributed by atoms with Crippen LogP contribution in [0.5, 0.6) is 0 Å². The van der Waals surface area contributed by atoms with E-state index in [2.05, 4.69) is 25.8 Å². The molecule has 2 amide bonds. The highest BCUT2D eigenvalue weighted by Crippen LogP contribution is 2.29. The molecule has 1 aliphatic rings. The van der Waals surface area contributed by atoms with E-state index in [1.165, 1.54) is 12.1 Å². The molecule has 1 saturated carbocycles. The van der Waals surface area contributed by atoms with Gasteiger partial charge in [-0.2, -0.15) is 10.1 Å². The van der Waals surface area contributed by atoms with Gasteiger partial charge in [0.1, 0.15) is 6.04 Å². The van der Waals surface area contributed by atoms with E-state index in [1.807, 2.05) is 24.3 Å². The molecule has 1 aliphatic carbocycles. The summed E-state index contributed by atoms with van der Waals surface area (Å²) in [5.41, 5.74) is 9.63. The van der Waals surface area contributed by atoms with Gasteiger partial charge in [-0.15, -0.1) is 0 Å². The van der Waals surface area contributed by atoms with Gasteiger partial charge >= 0.3 is 0 Å². The van der Waals surface area contributed by atoms with Crippen LogP contribution in [-0.2, 0) is 26.0 Å². The van der Waals surface area contributed by atoms with E-state index in [1.54, 1.807) is 36.4 Å². The van der Waals surface area contributed by atoms with Gasteiger partial charge in [0, 0.05) is 23.6 Å². The number of hydrogen-bond donors (Lipinski definition) is 5. The van der Waals surface area contributed by atoms with E-state index in [0.717, 1.165) is 47.9 Å². The molecule has 3 aromatic carbocycles. The van der Waals surface area contributed by atoms with Crippen LogP contribution in [0.25, 0.3) is 22.5 Å². The number of primary sulfonamides is 1. The molecule has 0 unspecified atom stereocenters.